The third-order valence-electron chi connectivity index (χ3n) is 4.85. The van der Waals surface area contributed by atoms with E-state index in [1.807, 2.05) is 25.2 Å². The molecular weight excluding hydrogens is 328 g/mol. The third kappa shape index (κ3) is 4.54. The molecule has 138 valence electrons. The van der Waals surface area contributed by atoms with Gasteiger partial charge in [0.25, 0.3) is 5.91 Å². The zero-order valence-corrected chi connectivity index (χ0v) is 15.5. The first-order valence-corrected chi connectivity index (χ1v) is 9.11. The molecule has 0 unspecified atom stereocenters. The van der Waals surface area contributed by atoms with Crippen LogP contribution in [0.1, 0.15) is 23.0 Å². The second-order valence-electron chi connectivity index (χ2n) is 6.51. The molecule has 1 amide bonds. The summed E-state index contributed by atoms with van der Waals surface area (Å²) in [7, 11) is 1.81. The molecular formula is C19H26N6O. The molecule has 1 aliphatic heterocycles. The number of carbonyl (C=O) groups excluding carboxylic acids is 1. The van der Waals surface area contributed by atoms with E-state index in [0.717, 1.165) is 50.5 Å². The van der Waals surface area contributed by atoms with Gasteiger partial charge in [-0.1, -0.05) is 6.92 Å². The van der Waals surface area contributed by atoms with E-state index in [4.69, 9.17) is 0 Å². The average molecular weight is 354 g/mol. The van der Waals surface area contributed by atoms with Crippen LogP contribution in [-0.2, 0) is 6.42 Å². The predicted molar refractivity (Wildman–Crippen MR) is 101 cm³/mol. The summed E-state index contributed by atoms with van der Waals surface area (Å²) in [6.07, 6.45) is 5.82. The van der Waals surface area contributed by atoms with Gasteiger partial charge < -0.3 is 14.7 Å². The number of pyridine rings is 1. The number of hydrogen-bond donors (Lipinski definition) is 0. The minimum atomic E-state index is -0.0742. The van der Waals surface area contributed by atoms with Crippen molar-refractivity contribution in [3.8, 4) is 0 Å². The molecule has 2 aromatic heterocycles. The maximum atomic E-state index is 12.7. The molecule has 0 spiro atoms. The summed E-state index contributed by atoms with van der Waals surface area (Å²) >= 11 is 0. The normalized spacial score (nSPS) is 15.1. The smallest absolute Gasteiger partial charge is 0.272 e. The summed E-state index contributed by atoms with van der Waals surface area (Å²) in [5.41, 5.74) is 1.61. The molecule has 3 rings (SSSR count). The van der Waals surface area contributed by atoms with Crippen LogP contribution in [0.25, 0.3) is 0 Å². The summed E-state index contributed by atoms with van der Waals surface area (Å²) in [5, 5.41) is 0. The fourth-order valence-corrected chi connectivity index (χ4v) is 3.07. The van der Waals surface area contributed by atoms with Gasteiger partial charge >= 0.3 is 0 Å². The van der Waals surface area contributed by atoms with Crippen molar-refractivity contribution in [3.05, 3.63) is 48.2 Å². The molecule has 2 aromatic rings. The topological polar surface area (TPSA) is 65.5 Å². The molecule has 0 N–H and O–H groups in total. The van der Waals surface area contributed by atoms with E-state index in [0.29, 0.717) is 12.2 Å². The fourth-order valence-electron chi connectivity index (χ4n) is 3.07. The summed E-state index contributed by atoms with van der Waals surface area (Å²) in [4.78, 5) is 31.6. The predicted octanol–water partition coefficient (Wildman–Crippen LogP) is 1.33. The van der Waals surface area contributed by atoms with Crippen LogP contribution in [0.3, 0.4) is 0 Å². The summed E-state index contributed by atoms with van der Waals surface area (Å²) < 4.78 is 0. The molecule has 0 saturated carbocycles. The largest absolute Gasteiger partial charge is 0.354 e. The van der Waals surface area contributed by atoms with Crippen molar-refractivity contribution < 1.29 is 4.79 Å². The molecule has 0 aromatic carbocycles. The lowest BCUT2D eigenvalue weighted by Crippen LogP contribution is -2.46. The second-order valence-corrected chi connectivity index (χ2v) is 6.51. The molecule has 0 radical (unpaired) electrons. The van der Waals surface area contributed by atoms with Crippen LogP contribution in [0.4, 0.5) is 5.82 Å². The average Bonchev–Trinajstić information content (AvgIpc) is 2.72. The van der Waals surface area contributed by atoms with Gasteiger partial charge in [0.2, 0.25) is 0 Å². The molecule has 0 atom stereocenters. The molecule has 0 bridgehead atoms. The Bertz CT molecular complexity index is 715. The molecule has 7 heteroatoms. The number of nitrogens with zero attached hydrogens (tertiary/aromatic N) is 6. The van der Waals surface area contributed by atoms with E-state index in [9.17, 15) is 4.79 Å². The Balaban J connectivity index is 1.60. The fraction of sp³-hybridized carbons (Fsp3) is 0.474. The van der Waals surface area contributed by atoms with E-state index in [1.165, 1.54) is 6.33 Å². The van der Waals surface area contributed by atoms with Crippen molar-refractivity contribution >= 4 is 11.7 Å². The van der Waals surface area contributed by atoms with Crippen molar-refractivity contribution in [1.82, 2.24) is 24.8 Å². The number of rotatable bonds is 6. The highest BCUT2D eigenvalue weighted by Gasteiger charge is 2.19. The van der Waals surface area contributed by atoms with Crippen molar-refractivity contribution in [2.75, 3.05) is 51.2 Å². The number of likely N-dealkylation sites (N-methyl/N-ethyl adjacent to an activating group) is 2. The Morgan fingerprint density at radius 3 is 2.58 bits per heavy atom. The van der Waals surface area contributed by atoms with E-state index >= 15 is 0 Å². The van der Waals surface area contributed by atoms with Gasteiger partial charge in [0.05, 0.1) is 0 Å². The van der Waals surface area contributed by atoms with Gasteiger partial charge in [-0.05, 0) is 30.7 Å². The van der Waals surface area contributed by atoms with Crippen molar-refractivity contribution in [1.29, 1.82) is 0 Å². The van der Waals surface area contributed by atoms with E-state index in [1.54, 1.807) is 17.3 Å². The van der Waals surface area contributed by atoms with Crippen molar-refractivity contribution in [2.45, 2.75) is 13.3 Å². The zero-order valence-electron chi connectivity index (χ0n) is 15.5. The van der Waals surface area contributed by atoms with E-state index < -0.39 is 0 Å². The van der Waals surface area contributed by atoms with Gasteiger partial charge in [0, 0.05) is 58.2 Å². The number of anilines is 1. The van der Waals surface area contributed by atoms with Crippen molar-refractivity contribution in [2.24, 2.45) is 0 Å². The number of amides is 1. The molecule has 26 heavy (non-hydrogen) atoms. The monoisotopic (exact) mass is 354 g/mol. The van der Waals surface area contributed by atoms with Crippen LogP contribution in [0.2, 0.25) is 0 Å². The zero-order chi connectivity index (χ0) is 18.4. The number of hydrogen-bond acceptors (Lipinski definition) is 6. The Morgan fingerprint density at radius 2 is 1.88 bits per heavy atom. The van der Waals surface area contributed by atoms with E-state index in [2.05, 4.69) is 31.7 Å². The lowest BCUT2D eigenvalue weighted by molar-refractivity contribution is 0.0790. The number of carbonyl (C=O) groups is 1. The Labute approximate surface area is 154 Å². The summed E-state index contributed by atoms with van der Waals surface area (Å²) in [5.74, 6) is 0.761. The van der Waals surface area contributed by atoms with Crippen LogP contribution in [-0.4, -0.2) is 77.0 Å². The highest BCUT2D eigenvalue weighted by molar-refractivity contribution is 5.92. The van der Waals surface area contributed by atoms with Gasteiger partial charge in [-0.15, -0.1) is 0 Å². The van der Waals surface area contributed by atoms with Crippen LogP contribution < -0.4 is 4.90 Å². The molecule has 1 saturated heterocycles. The quantitative estimate of drug-likeness (QED) is 0.780. The Morgan fingerprint density at radius 1 is 1.15 bits per heavy atom. The highest BCUT2D eigenvalue weighted by atomic mass is 16.2. The standard InChI is InChI=1S/C19H26N6O/c1-3-24-10-12-25(13-11-24)18-14-17(21-15-22-18)19(26)23(2)9-6-16-4-7-20-8-5-16/h4-5,7-8,14-15H,3,6,9-13H2,1-2H3. The lowest BCUT2D eigenvalue weighted by atomic mass is 10.2. The Hall–Kier alpha value is -2.54. The molecule has 7 nitrogen and oxygen atoms in total. The Kier molecular flexibility index (Phi) is 6.12. The number of aromatic nitrogens is 3. The molecule has 3 heterocycles. The van der Waals surface area contributed by atoms with Gasteiger partial charge in [-0.2, -0.15) is 0 Å². The highest BCUT2D eigenvalue weighted by Crippen LogP contribution is 2.15. The maximum Gasteiger partial charge on any atom is 0.272 e. The van der Waals surface area contributed by atoms with Crippen LogP contribution in [0.15, 0.2) is 36.9 Å². The third-order valence-corrected chi connectivity index (χ3v) is 4.85. The summed E-state index contributed by atoms with van der Waals surface area (Å²) in [6, 6.07) is 5.75. The van der Waals surface area contributed by atoms with Gasteiger partial charge in [-0.25, -0.2) is 9.97 Å². The molecule has 0 aliphatic carbocycles. The number of piperazine rings is 1. The van der Waals surface area contributed by atoms with Crippen LogP contribution in [0, 0.1) is 0 Å². The minimum Gasteiger partial charge on any atom is -0.354 e. The molecule has 1 fully saturated rings. The first-order chi connectivity index (χ1) is 12.7. The molecule has 1 aliphatic rings. The lowest BCUT2D eigenvalue weighted by Gasteiger charge is -2.34. The van der Waals surface area contributed by atoms with Crippen LogP contribution >= 0.6 is 0 Å². The van der Waals surface area contributed by atoms with Crippen molar-refractivity contribution in [3.63, 3.8) is 0 Å². The van der Waals surface area contributed by atoms with Gasteiger partial charge in [0.15, 0.2) is 0 Å². The SMILES string of the molecule is CCN1CCN(c2cc(C(=O)N(C)CCc3ccncc3)ncn2)CC1. The second kappa shape index (κ2) is 8.71. The van der Waals surface area contributed by atoms with Gasteiger partial charge in [-0.3, -0.25) is 9.78 Å². The van der Waals surface area contributed by atoms with Crippen LogP contribution in [0.5, 0.6) is 0 Å². The minimum absolute atomic E-state index is 0.0742. The summed E-state index contributed by atoms with van der Waals surface area (Å²) in [6.45, 7) is 7.79. The first kappa shape index (κ1) is 18.3. The van der Waals surface area contributed by atoms with E-state index in [-0.39, 0.29) is 5.91 Å². The maximum absolute atomic E-state index is 12.7. The first-order valence-electron chi connectivity index (χ1n) is 9.11. The van der Waals surface area contributed by atoms with Gasteiger partial charge in [0.1, 0.15) is 17.8 Å².